The van der Waals surface area contributed by atoms with Crippen LogP contribution in [0.5, 0.6) is 5.75 Å². The predicted octanol–water partition coefficient (Wildman–Crippen LogP) is 4.36. The summed E-state index contributed by atoms with van der Waals surface area (Å²) < 4.78 is 72.4. The highest BCUT2D eigenvalue weighted by Crippen LogP contribution is 2.35. The summed E-state index contributed by atoms with van der Waals surface area (Å²) >= 11 is 0. The molecular formula is C22H25F3N2O4S. The molecule has 1 saturated carbocycles. The van der Waals surface area contributed by atoms with E-state index in [0.717, 1.165) is 54.6 Å². The van der Waals surface area contributed by atoms with E-state index in [9.17, 15) is 26.4 Å². The molecule has 1 aliphatic rings. The van der Waals surface area contributed by atoms with Crippen LogP contribution in [0.2, 0.25) is 0 Å². The van der Waals surface area contributed by atoms with Crippen molar-refractivity contribution in [3.05, 3.63) is 54.1 Å². The van der Waals surface area contributed by atoms with Gasteiger partial charge >= 0.3 is 6.18 Å². The number of carbonyl (C=O) groups is 1. The highest BCUT2D eigenvalue weighted by atomic mass is 32.2. The lowest BCUT2D eigenvalue weighted by atomic mass is 9.95. The fraction of sp³-hybridized carbons (Fsp3) is 0.409. The van der Waals surface area contributed by atoms with Crippen molar-refractivity contribution in [3.63, 3.8) is 0 Å². The molecule has 0 aromatic heterocycles. The van der Waals surface area contributed by atoms with Crippen molar-refractivity contribution in [3.8, 4) is 5.75 Å². The van der Waals surface area contributed by atoms with Gasteiger partial charge in [-0.1, -0.05) is 37.5 Å². The van der Waals surface area contributed by atoms with E-state index in [1.165, 1.54) is 19.2 Å². The number of anilines is 1. The highest BCUT2D eigenvalue weighted by molar-refractivity contribution is 7.92. The van der Waals surface area contributed by atoms with Gasteiger partial charge in [0.15, 0.2) is 0 Å². The average molecular weight is 471 g/mol. The van der Waals surface area contributed by atoms with Crippen molar-refractivity contribution in [2.24, 2.45) is 0 Å². The lowest BCUT2D eigenvalue weighted by molar-refractivity contribution is -0.137. The van der Waals surface area contributed by atoms with E-state index in [1.54, 1.807) is 12.1 Å². The number of rotatable bonds is 7. The minimum absolute atomic E-state index is 0.0490. The maximum atomic E-state index is 13.4. The Morgan fingerprint density at radius 2 is 1.78 bits per heavy atom. The minimum atomic E-state index is -4.71. The number of hydrogen-bond acceptors (Lipinski definition) is 4. The number of benzene rings is 2. The summed E-state index contributed by atoms with van der Waals surface area (Å²) in [7, 11) is -3.17. The Labute approximate surface area is 185 Å². The Morgan fingerprint density at radius 3 is 2.44 bits per heavy atom. The van der Waals surface area contributed by atoms with Gasteiger partial charge in [0.2, 0.25) is 5.91 Å². The number of alkyl halides is 3. The molecule has 1 fully saturated rings. The number of hydrogen-bond donors (Lipinski definition) is 1. The van der Waals surface area contributed by atoms with Crippen LogP contribution >= 0.6 is 0 Å². The molecule has 0 saturated heterocycles. The number of para-hydroxylation sites is 2. The van der Waals surface area contributed by atoms with Gasteiger partial charge in [0.05, 0.1) is 23.3 Å². The first-order chi connectivity index (χ1) is 15.1. The zero-order valence-electron chi connectivity index (χ0n) is 17.6. The van der Waals surface area contributed by atoms with E-state index in [-0.39, 0.29) is 17.5 Å². The van der Waals surface area contributed by atoms with Crippen molar-refractivity contribution >= 4 is 21.6 Å². The summed E-state index contributed by atoms with van der Waals surface area (Å²) in [5, 5.41) is 2.85. The molecule has 3 rings (SSSR count). The first-order valence-corrected chi connectivity index (χ1v) is 11.7. The number of nitrogens with one attached hydrogen (secondary N) is 1. The van der Waals surface area contributed by atoms with Crippen molar-refractivity contribution < 1.29 is 31.1 Å². The van der Waals surface area contributed by atoms with Crippen LogP contribution in [0.15, 0.2) is 53.4 Å². The second kappa shape index (κ2) is 9.81. The molecular weight excluding hydrogens is 445 g/mol. The van der Waals surface area contributed by atoms with Crippen molar-refractivity contribution in [2.45, 2.75) is 49.2 Å². The Bertz CT molecular complexity index is 1050. The number of amides is 1. The fourth-order valence-corrected chi connectivity index (χ4v) is 5.22. The average Bonchev–Trinajstić information content (AvgIpc) is 2.77. The third-order valence-electron chi connectivity index (χ3n) is 5.36. The number of halogens is 3. The van der Waals surface area contributed by atoms with Crippen molar-refractivity contribution in [1.29, 1.82) is 0 Å². The van der Waals surface area contributed by atoms with E-state index >= 15 is 0 Å². The van der Waals surface area contributed by atoms with E-state index in [1.807, 2.05) is 0 Å². The number of nitrogens with zero attached hydrogens (tertiary/aromatic N) is 1. The van der Waals surface area contributed by atoms with Gasteiger partial charge in [0.1, 0.15) is 12.3 Å². The third-order valence-corrected chi connectivity index (χ3v) is 7.12. The molecule has 0 radical (unpaired) electrons. The molecule has 32 heavy (non-hydrogen) atoms. The highest BCUT2D eigenvalue weighted by Gasteiger charge is 2.34. The minimum Gasteiger partial charge on any atom is -0.495 e. The summed E-state index contributed by atoms with van der Waals surface area (Å²) in [6.07, 6.45) is -0.0578. The molecule has 0 atom stereocenters. The normalized spacial score (nSPS) is 15.2. The molecule has 0 aliphatic heterocycles. The molecule has 0 heterocycles. The molecule has 0 spiro atoms. The van der Waals surface area contributed by atoms with E-state index in [2.05, 4.69) is 5.32 Å². The van der Waals surface area contributed by atoms with Gasteiger partial charge in [-0.2, -0.15) is 13.2 Å². The van der Waals surface area contributed by atoms with Crippen LogP contribution in [-0.2, 0) is 21.0 Å². The lowest BCUT2D eigenvalue weighted by Crippen LogP contribution is -2.45. The third kappa shape index (κ3) is 5.53. The van der Waals surface area contributed by atoms with Gasteiger partial charge in [0.25, 0.3) is 10.0 Å². The summed E-state index contributed by atoms with van der Waals surface area (Å²) in [5.41, 5.74) is -1.03. The van der Waals surface area contributed by atoms with E-state index < -0.39 is 39.1 Å². The molecule has 2 aromatic carbocycles. The molecule has 6 nitrogen and oxygen atoms in total. The monoisotopic (exact) mass is 470 g/mol. The maximum absolute atomic E-state index is 13.4. The standard InChI is InChI=1S/C22H25F3N2O4S/c1-31-20-13-6-5-12-19(20)27(15-21(28)26-17-9-3-2-4-10-17)32(29,30)18-11-7-8-16(14-18)22(23,24)25/h5-8,11-14,17H,2-4,9-10,15H2,1H3,(H,26,28). The van der Waals surface area contributed by atoms with Gasteiger partial charge in [-0.05, 0) is 43.2 Å². The van der Waals surface area contributed by atoms with Crippen molar-refractivity contribution in [2.75, 3.05) is 18.0 Å². The molecule has 1 N–H and O–H groups in total. The summed E-state index contributed by atoms with van der Waals surface area (Å²) in [6.45, 7) is -0.588. The molecule has 0 unspecified atom stereocenters. The van der Waals surface area contributed by atoms with Gasteiger partial charge in [-0.3, -0.25) is 9.10 Å². The SMILES string of the molecule is COc1ccccc1N(CC(=O)NC1CCCCC1)S(=O)(=O)c1cccc(C(F)(F)F)c1. The number of methoxy groups -OCH3 is 1. The fourth-order valence-electron chi connectivity index (χ4n) is 3.75. The van der Waals surface area contributed by atoms with E-state index in [4.69, 9.17) is 4.74 Å². The van der Waals surface area contributed by atoms with Gasteiger partial charge in [-0.15, -0.1) is 0 Å². The Morgan fingerprint density at radius 1 is 1.09 bits per heavy atom. The molecule has 174 valence electrons. The number of sulfonamides is 1. The number of carbonyl (C=O) groups excluding carboxylic acids is 1. The van der Waals surface area contributed by atoms with Crippen LogP contribution < -0.4 is 14.4 Å². The van der Waals surface area contributed by atoms with Gasteiger partial charge in [0, 0.05) is 6.04 Å². The molecule has 1 amide bonds. The van der Waals surface area contributed by atoms with Crippen LogP contribution in [-0.4, -0.2) is 34.0 Å². The van der Waals surface area contributed by atoms with Crippen LogP contribution in [0.25, 0.3) is 0 Å². The zero-order valence-corrected chi connectivity index (χ0v) is 18.4. The van der Waals surface area contributed by atoms with Crippen LogP contribution in [0, 0.1) is 0 Å². The van der Waals surface area contributed by atoms with Gasteiger partial charge < -0.3 is 10.1 Å². The van der Waals surface area contributed by atoms with Crippen molar-refractivity contribution in [1.82, 2.24) is 5.32 Å². The Balaban J connectivity index is 1.99. The van der Waals surface area contributed by atoms with Crippen LogP contribution in [0.4, 0.5) is 18.9 Å². The molecule has 2 aromatic rings. The topological polar surface area (TPSA) is 75.7 Å². The Hall–Kier alpha value is -2.75. The van der Waals surface area contributed by atoms with Gasteiger partial charge in [-0.25, -0.2) is 8.42 Å². The second-order valence-corrected chi connectivity index (χ2v) is 9.47. The Kier molecular flexibility index (Phi) is 7.33. The van der Waals surface area contributed by atoms with Crippen LogP contribution in [0.1, 0.15) is 37.7 Å². The van der Waals surface area contributed by atoms with E-state index in [0.29, 0.717) is 6.07 Å². The zero-order chi connectivity index (χ0) is 23.4. The number of ether oxygens (including phenoxy) is 1. The predicted molar refractivity (Wildman–Crippen MR) is 114 cm³/mol. The second-order valence-electron chi connectivity index (χ2n) is 7.61. The summed E-state index contributed by atoms with van der Waals surface area (Å²) in [5.74, 6) is -0.355. The largest absolute Gasteiger partial charge is 0.495 e. The molecule has 10 heteroatoms. The quantitative estimate of drug-likeness (QED) is 0.653. The smallest absolute Gasteiger partial charge is 0.416 e. The maximum Gasteiger partial charge on any atom is 0.416 e. The molecule has 0 bridgehead atoms. The first kappa shape index (κ1) is 23.9. The molecule has 1 aliphatic carbocycles. The lowest BCUT2D eigenvalue weighted by Gasteiger charge is -2.28. The summed E-state index contributed by atoms with van der Waals surface area (Å²) in [6, 6.07) is 9.56. The van der Waals surface area contributed by atoms with Crippen LogP contribution in [0.3, 0.4) is 0 Å². The first-order valence-electron chi connectivity index (χ1n) is 10.3. The summed E-state index contributed by atoms with van der Waals surface area (Å²) in [4.78, 5) is 12.2.